The second-order valence-electron chi connectivity index (χ2n) is 5.40. The summed E-state index contributed by atoms with van der Waals surface area (Å²) in [7, 11) is 0. The van der Waals surface area contributed by atoms with E-state index in [0.717, 1.165) is 6.54 Å². The van der Waals surface area contributed by atoms with Crippen molar-refractivity contribution in [1.82, 2.24) is 0 Å². The van der Waals surface area contributed by atoms with Crippen molar-refractivity contribution in [2.75, 3.05) is 6.54 Å². The first-order chi connectivity index (χ1) is 9.90. The highest BCUT2D eigenvalue weighted by Gasteiger charge is 2.24. The average Bonchev–Trinajstić information content (AvgIpc) is 2.37. The summed E-state index contributed by atoms with van der Waals surface area (Å²) >= 11 is 0. The standard InChI is InChI=1S/C6H3N3O7.C5H13N/c10-6-4(8(13)14)1-3(7(11)12)2-5(6)9(15)16;1-5(2,3)4-6/h1-2,10H;4,6H2,1-3H3. The normalized spacial score (nSPS) is 10.4. The van der Waals surface area contributed by atoms with E-state index < -0.39 is 37.6 Å². The lowest BCUT2D eigenvalue weighted by atomic mass is 9.98. The molecule has 0 aromatic heterocycles. The third-order valence-corrected chi connectivity index (χ3v) is 2.39. The minimum absolute atomic E-state index is 0.384. The Morgan fingerprint density at radius 2 is 1.27 bits per heavy atom. The molecule has 11 heteroatoms. The highest BCUT2D eigenvalue weighted by Crippen LogP contribution is 2.36. The molecule has 0 spiro atoms. The molecule has 0 aliphatic heterocycles. The van der Waals surface area contributed by atoms with E-state index in [1.165, 1.54) is 0 Å². The quantitative estimate of drug-likeness (QED) is 0.630. The summed E-state index contributed by atoms with van der Waals surface area (Å²) in [6.45, 7) is 7.56. The summed E-state index contributed by atoms with van der Waals surface area (Å²) in [4.78, 5) is 27.5. The van der Waals surface area contributed by atoms with E-state index in [2.05, 4.69) is 26.5 Å². The number of benzene rings is 1. The Bertz CT molecular complexity index is 560. The summed E-state index contributed by atoms with van der Waals surface area (Å²) in [6, 6.07) is 0.769. The monoisotopic (exact) mass is 316 g/mol. The molecule has 0 amide bonds. The molecule has 122 valence electrons. The Morgan fingerprint density at radius 1 is 0.955 bits per heavy atom. The van der Waals surface area contributed by atoms with Gasteiger partial charge >= 0.3 is 0 Å². The number of quaternary nitrogens is 1. The van der Waals surface area contributed by atoms with E-state index in [9.17, 15) is 35.4 Å². The zero-order valence-electron chi connectivity index (χ0n) is 12.3. The van der Waals surface area contributed by atoms with Gasteiger partial charge in [0.05, 0.1) is 39.2 Å². The van der Waals surface area contributed by atoms with E-state index in [1.807, 2.05) is 0 Å². The molecule has 0 saturated carbocycles. The van der Waals surface area contributed by atoms with Crippen molar-refractivity contribution < 1.29 is 25.6 Å². The first-order valence-corrected chi connectivity index (χ1v) is 5.98. The highest BCUT2D eigenvalue weighted by molar-refractivity contribution is 5.63. The first-order valence-electron chi connectivity index (χ1n) is 5.98. The second-order valence-corrected chi connectivity index (χ2v) is 5.40. The number of nitro groups is 3. The van der Waals surface area contributed by atoms with Crippen LogP contribution in [0.3, 0.4) is 0 Å². The Hall–Kier alpha value is -2.82. The predicted molar refractivity (Wildman–Crippen MR) is 73.1 cm³/mol. The van der Waals surface area contributed by atoms with Crippen molar-refractivity contribution in [3.63, 3.8) is 0 Å². The SMILES string of the molecule is CC(C)(C)C[NH3+].O=[N+]([O-])c1cc([N+](=O)[O-])c([O-])c([N+](=O)[O-])c1. The molecule has 0 unspecified atom stereocenters. The molecule has 0 aliphatic carbocycles. The van der Waals surface area contributed by atoms with Crippen molar-refractivity contribution in [3.8, 4) is 5.75 Å². The molecule has 0 radical (unpaired) electrons. The molecule has 0 aliphatic rings. The van der Waals surface area contributed by atoms with E-state index in [-0.39, 0.29) is 0 Å². The predicted octanol–water partition coefficient (Wildman–Crippen LogP) is 0.759. The van der Waals surface area contributed by atoms with Crippen molar-refractivity contribution >= 4 is 17.1 Å². The zero-order valence-corrected chi connectivity index (χ0v) is 12.3. The van der Waals surface area contributed by atoms with Crippen LogP contribution in [0.4, 0.5) is 17.1 Å². The number of nitrogens with zero attached hydrogens (tertiary/aromatic N) is 3. The molecule has 0 fully saturated rings. The van der Waals surface area contributed by atoms with Gasteiger partial charge in [0.1, 0.15) is 0 Å². The molecule has 1 aromatic rings. The first kappa shape index (κ1) is 19.2. The van der Waals surface area contributed by atoms with Crippen LogP contribution in [0.2, 0.25) is 0 Å². The zero-order chi connectivity index (χ0) is 17.7. The van der Waals surface area contributed by atoms with Crippen LogP contribution in [0.25, 0.3) is 0 Å². The fourth-order valence-electron chi connectivity index (χ4n) is 0.961. The molecule has 3 N–H and O–H groups in total. The number of hydrogen-bond donors (Lipinski definition) is 1. The Kier molecular flexibility index (Phi) is 6.33. The molecule has 11 nitrogen and oxygen atoms in total. The average molecular weight is 316 g/mol. The molecule has 1 rings (SSSR count). The van der Waals surface area contributed by atoms with E-state index in [1.54, 1.807) is 0 Å². The summed E-state index contributed by atoms with van der Waals surface area (Å²) < 4.78 is 0. The number of non-ortho nitro benzene ring substituents is 1. The van der Waals surface area contributed by atoms with Gasteiger partial charge in [-0.3, -0.25) is 30.3 Å². The molecule has 22 heavy (non-hydrogen) atoms. The molecular weight excluding hydrogens is 300 g/mol. The van der Waals surface area contributed by atoms with Gasteiger partial charge in [0.15, 0.2) is 0 Å². The second kappa shape index (κ2) is 7.26. The van der Waals surface area contributed by atoms with Crippen LogP contribution < -0.4 is 10.8 Å². The number of hydrogen-bond acceptors (Lipinski definition) is 7. The van der Waals surface area contributed by atoms with Gasteiger partial charge in [-0.25, -0.2) is 0 Å². The smallest absolute Gasteiger partial charge is 0.283 e. The summed E-state index contributed by atoms with van der Waals surface area (Å²) in [5, 5.41) is 42.1. The summed E-state index contributed by atoms with van der Waals surface area (Å²) in [5.74, 6) is -1.46. The number of nitro benzene ring substituents is 3. The van der Waals surface area contributed by atoms with Crippen LogP contribution in [-0.4, -0.2) is 21.3 Å². The minimum atomic E-state index is -1.46. The molecular formula is C11H16N4O7. The van der Waals surface area contributed by atoms with E-state index in [0.29, 0.717) is 17.5 Å². The van der Waals surface area contributed by atoms with Crippen LogP contribution in [0.15, 0.2) is 12.1 Å². The fraction of sp³-hybridized carbons (Fsp3) is 0.455. The van der Waals surface area contributed by atoms with Gasteiger partial charge in [-0.15, -0.1) is 0 Å². The van der Waals surface area contributed by atoms with Crippen molar-refractivity contribution in [2.45, 2.75) is 20.8 Å². The lowest BCUT2D eigenvalue weighted by molar-refractivity contribution is -0.420. The molecule has 0 bridgehead atoms. The Morgan fingerprint density at radius 3 is 1.45 bits per heavy atom. The summed E-state index contributed by atoms with van der Waals surface area (Å²) in [5.41, 5.74) is 0.923. The van der Waals surface area contributed by atoms with E-state index >= 15 is 0 Å². The molecule has 1 aromatic carbocycles. The van der Waals surface area contributed by atoms with Gasteiger partial charge in [-0.1, -0.05) is 20.8 Å². The van der Waals surface area contributed by atoms with Crippen molar-refractivity contribution in [1.29, 1.82) is 0 Å². The molecule has 0 heterocycles. The van der Waals surface area contributed by atoms with Crippen LogP contribution in [-0.2, 0) is 0 Å². The topological polar surface area (TPSA) is 180 Å². The van der Waals surface area contributed by atoms with Gasteiger partial charge in [0, 0.05) is 5.41 Å². The molecule has 0 saturated heterocycles. The Labute approximate surface area is 124 Å². The largest absolute Gasteiger partial charge is 0.863 e. The van der Waals surface area contributed by atoms with Gasteiger partial charge in [0.25, 0.3) is 17.1 Å². The maximum absolute atomic E-state index is 11.1. The maximum atomic E-state index is 11.1. The third kappa shape index (κ3) is 5.66. The van der Waals surface area contributed by atoms with Crippen LogP contribution >= 0.6 is 0 Å². The van der Waals surface area contributed by atoms with E-state index in [4.69, 9.17) is 0 Å². The van der Waals surface area contributed by atoms with Gasteiger partial charge in [0.2, 0.25) is 0 Å². The van der Waals surface area contributed by atoms with Crippen molar-refractivity contribution in [3.05, 3.63) is 42.5 Å². The third-order valence-electron chi connectivity index (χ3n) is 2.39. The van der Waals surface area contributed by atoms with Crippen molar-refractivity contribution in [2.24, 2.45) is 5.41 Å². The molecule has 0 atom stereocenters. The van der Waals surface area contributed by atoms with Crippen LogP contribution in [0.5, 0.6) is 5.75 Å². The van der Waals surface area contributed by atoms with Crippen LogP contribution in [0, 0.1) is 35.8 Å². The lowest BCUT2D eigenvalue weighted by Gasteiger charge is -2.09. The summed E-state index contributed by atoms with van der Waals surface area (Å²) in [6.07, 6.45) is 0. The maximum Gasteiger partial charge on any atom is 0.283 e. The van der Waals surface area contributed by atoms with Gasteiger partial charge in [-0.05, 0) is 0 Å². The lowest BCUT2D eigenvalue weighted by Crippen LogP contribution is -2.55. The number of rotatable bonds is 3. The Balaban J connectivity index is 0.000000626. The van der Waals surface area contributed by atoms with Gasteiger partial charge < -0.3 is 10.8 Å². The van der Waals surface area contributed by atoms with Crippen LogP contribution in [0.1, 0.15) is 20.8 Å². The van der Waals surface area contributed by atoms with Gasteiger partial charge in [-0.2, -0.15) is 0 Å². The highest BCUT2D eigenvalue weighted by atomic mass is 16.6. The fourth-order valence-corrected chi connectivity index (χ4v) is 0.961. The minimum Gasteiger partial charge on any atom is -0.863 e.